The van der Waals surface area contributed by atoms with Crippen LogP contribution in [0.3, 0.4) is 0 Å². The van der Waals surface area contributed by atoms with Crippen LogP contribution in [0.2, 0.25) is 0 Å². The minimum atomic E-state index is -0.336. The summed E-state index contributed by atoms with van der Waals surface area (Å²) in [4.78, 5) is 29.2. The molecule has 2 N–H and O–H groups in total. The van der Waals surface area contributed by atoms with Crippen molar-refractivity contribution in [2.24, 2.45) is 0 Å². The number of carbonyl (C=O) groups excluding carboxylic acids is 2. The van der Waals surface area contributed by atoms with E-state index in [-0.39, 0.29) is 11.8 Å². The fourth-order valence-electron chi connectivity index (χ4n) is 2.69. The highest BCUT2D eigenvalue weighted by Gasteiger charge is 2.12. The highest BCUT2D eigenvalue weighted by atomic mass is 16.5. The lowest BCUT2D eigenvalue weighted by Crippen LogP contribution is -2.23. The van der Waals surface area contributed by atoms with Crippen LogP contribution in [0.1, 0.15) is 26.4 Å². The van der Waals surface area contributed by atoms with Crippen LogP contribution in [0.15, 0.2) is 66.9 Å². The molecule has 3 rings (SSSR count). The molecule has 0 fully saturated rings. The second-order valence-corrected chi connectivity index (χ2v) is 6.11. The van der Waals surface area contributed by atoms with E-state index in [4.69, 9.17) is 9.47 Å². The molecule has 7 heteroatoms. The molecule has 0 aliphatic rings. The third-order valence-corrected chi connectivity index (χ3v) is 4.18. The Morgan fingerprint density at radius 2 is 1.62 bits per heavy atom. The van der Waals surface area contributed by atoms with Crippen molar-refractivity contribution < 1.29 is 19.1 Å². The monoisotopic (exact) mass is 391 g/mol. The van der Waals surface area contributed by atoms with E-state index in [1.165, 1.54) is 7.11 Å². The van der Waals surface area contributed by atoms with Crippen LogP contribution < -0.4 is 20.1 Å². The topological polar surface area (TPSA) is 89.5 Å². The van der Waals surface area contributed by atoms with Crippen molar-refractivity contribution in [3.8, 4) is 11.5 Å². The molecule has 2 aromatic carbocycles. The van der Waals surface area contributed by atoms with E-state index in [2.05, 4.69) is 15.6 Å². The average molecular weight is 391 g/mol. The highest BCUT2D eigenvalue weighted by molar-refractivity contribution is 6.06. The number of aromatic nitrogens is 1. The molecule has 0 atom stereocenters. The first kappa shape index (κ1) is 19.9. The van der Waals surface area contributed by atoms with Crippen LogP contribution in [0.25, 0.3) is 0 Å². The summed E-state index contributed by atoms with van der Waals surface area (Å²) in [6.45, 7) is 0.307. The summed E-state index contributed by atoms with van der Waals surface area (Å²) >= 11 is 0. The van der Waals surface area contributed by atoms with Crippen LogP contribution in [0, 0.1) is 0 Å². The van der Waals surface area contributed by atoms with Crippen molar-refractivity contribution in [1.82, 2.24) is 10.3 Å². The third-order valence-electron chi connectivity index (χ3n) is 4.18. The van der Waals surface area contributed by atoms with Gasteiger partial charge in [0.15, 0.2) is 11.5 Å². The largest absolute Gasteiger partial charge is 0.493 e. The molecule has 0 saturated heterocycles. The lowest BCUT2D eigenvalue weighted by atomic mass is 10.1. The number of benzene rings is 2. The number of rotatable bonds is 7. The number of nitrogens with zero attached hydrogens (tertiary/aromatic N) is 1. The van der Waals surface area contributed by atoms with Crippen molar-refractivity contribution >= 4 is 17.5 Å². The van der Waals surface area contributed by atoms with Crippen molar-refractivity contribution in [3.63, 3.8) is 0 Å². The first-order valence-electron chi connectivity index (χ1n) is 8.92. The number of methoxy groups -OCH3 is 2. The second-order valence-electron chi connectivity index (χ2n) is 6.11. The fraction of sp³-hybridized carbons (Fsp3) is 0.136. The third kappa shape index (κ3) is 5.10. The molecule has 148 valence electrons. The van der Waals surface area contributed by atoms with Gasteiger partial charge in [0.05, 0.1) is 26.5 Å². The van der Waals surface area contributed by atoms with E-state index in [0.717, 1.165) is 5.69 Å². The van der Waals surface area contributed by atoms with Crippen LogP contribution in [-0.2, 0) is 6.54 Å². The Bertz CT molecular complexity index is 1010. The Hall–Kier alpha value is -3.87. The lowest BCUT2D eigenvalue weighted by Gasteiger charge is -2.11. The molecular weight excluding hydrogens is 370 g/mol. The Balaban J connectivity index is 1.68. The van der Waals surface area contributed by atoms with Gasteiger partial charge in [0.2, 0.25) is 0 Å². The molecule has 0 saturated carbocycles. The van der Waals surface area contributed by atoms with E-state index in [0.29, 0.717) is 34.9 Å². The van der Waals surface area contributed by atoms with Crippen LogP contribution >= 0.6 is 0 Å². The maximum absolute atomic E-state index is 12.6. The Labute approximate surface area is 168 Å². The molecule has 0 aliphatic carbocycles. The number of ether oxygens (including phenoxy) is 2. The summed E-state index contributed by atoms with van der Waals surface area (Å²) in [5.74, 6) is 0.457. The molecule has 7 nitrogen and oxygen atoms in total. The fourth-order valence-corrected chi connectivity index (χ4v) is 2.69. The number of hydrogen-bond donors (Lipinski definition) is 2. The second kappa shape index (κ2) is 9.36. The maximum Gasteiger partial charge on any atom is 0.255 e. The number of hydrogen-bond acceptors (Lipinski definition) is 5. The van der Waals surface area contributed by atoms with E-state index in [9.17, 15) is 9.59 Å². The summed E-state index contributed by atoms with van der Waals surface area (Å²) in [6.07, 6.45) is 1.67. The van der Waals surface area contributed by atoms with Gasteiger partial charge in [-0.1, -0.05) is 12.1 Å². The molecule has 0 unspecified atom stereocenters. The Kier molecular flexibility index (Phi) is 6.42. The summed E-state index contributed by atoms with van der Waals surface area (Å²) in [5.41, 5.74) is 2.06. The smallest absolute Gasteiger partial charge is 0.255 e. The van der Waals surface area contributed by atoms with Gasteiger partial charge < -0.3 is 20.1 Å². The molecule has 0 spiro atoms. The van der Waals surface area contributed by atoms with Gasteiger partial charge in [-0.3, -0.25) is 14.6 Å². The zero-order valence-corrected chi connectivity index (χ0v) is 16.1. The first-order chi connectivity index (χ1) is 14.1. The zero-order chi connectivity index (χ0) is 20.6. The molecule has 0 aliphatic heterocycles. The number of pyridine rings is 1. The highest BCUT2D eigenvalue weighted by Crippen LogP contribution is 2.29. The van der Waals surface area contributed by atoms with E-state index in [1.807, 2.05) is 18.2 Å². The standard InChI is InChI=1S/C22H21N3O4/c1-28-19-10-9-17(13-20(19)29-2)25-22(27)16-7-5-6-15(12-16)21(26)24-14-18-8-3-4-11-23-18/h3-13H,14H2,1-2H3,(H,24,26)(H,25,27). The Morgan fingerprint density at radius 1 is 0.862 bits per heavy atom. The Morgan fingerprint density at radius 3 is 2.31 bits per heavy atom. The van der Waals surface area contributed by atoms with Gasteiger partial charge in [0, 0.05) is 29.1 Å². The minimum absolute atomic E-state index is 0.281. The number of nitrogens with one attached hydrogen (secondary N) is 2. The van der Waals surface area contributed by atoms with Gasteiger partial charge in [-0.25, -0.2) is 0 Å². The lowest BCUT2D eigenvalue weighted by molar-refractivity contribution is 0.0950. The van der Waals surface area contributed by atoms with Gasteiger partial charge in [0.1, 0.15) is 0 Å². The SMILES string of the molecule is COc1ccc(NC(=O)c2cccc(C(=O)NCc3ccccn3)c2)cc1OC. The molecule has 1 aromatic heterocycles. The van der Waals surface area contributed by atoms with Crippen molar-refractivity contribution in [2.45, 2.75) is 6.54 Å². The summed E-state index contributed by atoms with van der Waals surface area (Å²) in [5, 5.41) is 5.59. The van der Waals surface area contributed by atoms with Gasteiger partial charge in [-0.15, -0.1) is 0 Å². The minimum Gasteiger partial charge on any atom is -0.493 e. The maximum atomic E-state index is 12.6. The van der Waals surface area contributed by atoms with Crippen molar-refractivity contribution in [2.75, 3.05) is 19.5 Å². The summed E-state index contributed by atoms with van der Waals surface area (Å²) < 4.78 is 10.4. The molecule has 2 amide bonds. The van der Waals surface area contributed by atoms with Crippen molar-refractivity contribution in [3.05, 3.63) is 83.7 Å². The van der Waals surface area contributed by atoms with Crippen molar-refractivity contribution in [1.29, 1.82) is 0 Å². The number of anilines is 1. The number of carbonyl (C=O) groups is 2. The molecular formula is C22H21N3O4. The molecule has 0 radical (unpaired) electrons. The van der Waals surface area contributed by atoms with Crippen LogP contribution in [0.5, 0.6) is 11.5 Å². The molecule has 1 heterocycles. The quantitative estimate of drug-likeness (QED) is 0.645. The van der Waals surface area contributed by atoms with E-state index >= 15 is 0 Å². The van der Waals surface area contributed by atoms with E-state index < -0.39 is 0 Å². The zero-order valence-electron chi connectivity index (χ0n) is 16.1. The van der Waals surface area contributed by atoms with Gasteiger partial charge in [-0.2, -0.15) is 0 Å². The summed E-state index contributed by atoms with van der Waals surface area (Å²) in [6, 6.07) is 17.1. The molecule has 29 heavy (non-hydrogen) atoms. The molecule has 0 bridgehead atoms. The van der Waals surface area contributed by atoms with Crippen LogP contribution in [-0.4, -0.2) is 31.0 Å². The molecule has 3 aromatic rings. The first-order valence-corrected chi connectivity index (χ1v) is 8.92. The predicted octanol–water partition coefficient (Wildman–Crippen LogP) is 3.28. The average Bonchev–Trinajstić information content (AvgIpc) is 2.78. The number of amides is 2. The van der Waals surface area contributed by atoms with Gasteiger partial charge in [0.25, 0.3) is 11.8 Å². The normalized spacial score (nSPS) is 10.1. The van der Waals surface area contributed by atoms with Gasteiger partial charge >= 0.3 is 0 Å². The van der Waals surface area contributed by atoms with Gasteiger partial charge in [-0.05, 0) is 42.5 Å². The summed E-state index contributed by atoms with van der Waals surface area (Å²) in [7, 11) is 3.07. The predicted molar refractivity (Wildman–Crippen MR) is 109 cm³/mol. The van der Waals surface area contributed by atoms with E-state index in [1.54, 1.807) is 55.8 Å². The van der Waals surface area contributed by atoms with Crippen LogP contribution in [0.4, 0.5) is 5.69 Å².